The van der Waals surface area contributed by atoms with Gasteiger partial charge in [-0.25, -0.2) is 0 Å². The first kappa shape index (κ1) is 15.3. The molecule has 0 aliphatic rings. The van der Waals surface area contributed by atoms with Gasteiger partial charge in [-0.05, 0) is 35.6 Å². The minimum absolute atomic E-state index is 0.000919. The van der Waals surface area contributed by atoms with E-state index in [0.717, 1.165) is 5.56 Å². The van der Waals surface area contributed by atoms with Gasteiger partial charge in [-0.1, -0.05) is 63.2 Å². The number of carbonyl (C=O) groups excluding carboxylic acids is 1. The summed E-state index contributed by atoms with van der Waals surface area (Å²) in [5.41, 5.74) is 3.14. The SMILES string of the molecule is C[C@H](NC(=O)c1ccc(C(C)(C)C)cc1)c1ccccc1. The highest BCUT2D eigenvalue weighted by Gasteiger charge is 2.15. The molecule has 21 heavy (non-hydrogen) atoms. The Labute approximate surface area is 127 Å². The molecule has 2 nitrogen and oxygen atoms in total. The maximum absolute atomic E-state index is 12.3. The molecule has 1 atom stereocenters. The van der Waals surface area contributed by atoms with Crippen molar-refractivity contribution >= 4 is 5.91 Å². The maximum Gasteiger partial charge on any atom is 0.251 e. The molecule has 0 bridgehead atoms. The molecule has 110 valence electrons. The van der Waals surface area contributed by atoms with Gasteiger partial charge in [0.25, 0.3) is 5.91 Å². The Bertz CT molecular complexity index is 594. The summed E-state index contributed by atoms with van der Waals surface area (Å²) < 4.78 is 0. The Balaban J connectivity index is 2.07. The number of amides is 1. The van der Waals surface area contributed by atoms with E-state index >= 15 is 0 Å². The Morgan fingerprint density at radius 2 is 1.52 bits per heavy atom. The normalized spacial score (nSPS) is 12.8. The lowest BCUT2D eigenvalue weighted by molar-refractivity contribution is 0.0940. The number of nitrogens with one attached hydrogen (secondary N) is 1. The van der Waals surface area contributed by atoms with Gasteiger partial charge in [0.2, 0.25) is 0 Å². The molecular weight excluding hydrogens is 258 g/mol. The molecule has 2 aromatic rings. The summed E-state index contributed by atoms with van der Waals surface area (Å²) in [6.45, 7) is 8.50. The monoisotopic (exact) mass is 281 g/mol. The largest absolute Gasteiger partial charge is 0.346 e. The molecule has 0 saturated heterocycles. The first-order chi connectivity index (χ1) is 9.88. The van der Waals surface area contributed by atoms with Gasteiger partial charge in [0, 0.05) is 5.56 Å². The van der Waals surface area contributed by atoms with Crippen molar-refractivity contribution in [1.29, 1.82) is 0 Å². The third-order valence-electron chi connectivity index (χ3n) is 3.66. The molecule has 2 rings (SSSR count). The molecule has 0 spiro atoms. The highest BCUT2D eigenvalue weighted by molar-refractivity contribution is 5.94. The fourth-order valence-corrected chi connectivity index (χ4v) is 2.23. The van der Waals surface area contributed by atoms with Crippen molar-refractivity contribution in [2.75, 3.05) is 0 Å². The van der Waals surface area contributed by atoms with Crippen LogP contribution in [-0.2, 0) is 5.41 Å². The summed E-state index contributed by atoms with van der Waals surface area (Å²) in [5.74, 6) is -0.0354. The van der Waals surface area contributed by atoms with E-state index in [2.05, 4.69) is 26.1 Å². The number of benzene rings is 2. The van der Waals surface area contributed by atoms with Crippen molar-refractivity contribution in [2.24, 2.45) is 0 Å². The Morgan fingerprint density at radius 3 is 2.05 bits per heavy atom. The van der Waals surface area contributed by atoms with Gasteiger partial charge >= 0.3 is 0 Å². The third kappa shape index (κ3) is 3.94. The van der Waals surface area contributed by atoms with Crippen molar-refractivity contribution in [2.45, 2.75) is 39.2 Å². The van der Waals surface area contributed by atoms with E-state index in [1.807, 2.05) is 61.5 Å². The van der Waals surface area contributed by atoms with E-state index < -0.39 is 0 Å². The van der Waals surface area contributed by atoms with Crippen LogP contribution >= 0.6 is 0 Å². The molecular formula is C19H23NO. The standard InChI is InChI=1S/C19H23NO/c1-14(15-8-6-5-7-9-15)20-18(21)16-10-12-17(13-11-16)19(2,3)4/h5-14H,1-4H3,(H,20,21)/t14-/m0/s1. The summed E-state index contributed by atoms with van der Waals surface area (Å²) in [5, 5.41) is 3.03. The number of hydrogen-bond donors (Lipinski definition) is 1. The van der Waals surface area contributed by atoms with Crippen LogP contribution in [0.5, 0.6) is 0 Å². The molecule has 1 amide bonds. The van der Waals surface area contributed by atoms with Crippen LogP contribution in [0.2, 0.25) is 0 Å². The molecule has 0 fully saturated rings. The van der Waals surface area contributed by atoms with Crippen LogP contribution in [0.1, 0.15) is 55.2 Å². The first-order valence-corrected chi connectivity index (χ1v) is 7.34. The lowest BCUT2D eigenvalue weighted by atomic mass is 9.86. The first-order valence-electron chi connectivity index (χ1n) is 7.34. The van der Waals surface area contributed by atoms with E-state index in [0.29, 0.717) is 5.56 Å². The molecule has 1 N–H and O–H groups in total. The second-order valence-electron chi connectivity index (χ2n) is 6.43. The predicted molar refractivity (Wildman–Crippen MR) is 87.5 cm³/mol. The molecule has 0 radical (unpaired) electrons. The lowest BCUT2D eigenvalue weighted by Crippen LogP contribution is -2.26. The van der Waals surface area contributed by atoms with Crippen LogP contribution in [0.25, 0.3) is 0 Å². The summed E-state index contributed by atoms with van der Waals surface area (Å²) in [6.07, 6.45) is 0. The van der Waals surface area contributed by atoms with Crippen LogP contribution in [0.15, 0.2) is 54.6 Å². The van der Waals surface area contributed by atoms with Crippen molar-refractivity contribution in [1.82, 2.24) is 5.32 Å². The fraction of sp³-hybridized carbons (Fsp3) is 0.316. The van der Waals surface area contributed by atoms with E-state index in [-0.39, 0.29) is 17.4 Å². The smallest absolute Gasteiger partial charge is 0.251 e. The van der Waals surface area contributed by atoms with Crippen LogP contribution in [0.3, 0.4) is 0 Å². The van der Waals surface area contributed by atoms with Gasteiger partial charge in [0.1, 0.15) is 0 Å². The van der Waals surface area contributed by atoms with E-state index in [1.165, 1.54) is 5.56 Å². The molecule has 0 unspecified atom stereocenters. The highest BCUT2D eigenvalue weighted by atomic mass is 16.1. The zero-order chi connectivity index (χ0) is 15.5. The third-order valence-corrected chi connectivity index (χ3v) is 3.66. The average Bonchev–Trinajstić information content (AvgIpc) is 2.47. The van der Waals surface area contributed by atoms with E-state index in [1.54, 1.807) is 0 Å². The molecule has 2 heteroatoms. The average molecular weight is 281 g/mol. The highest BCUT2D eigenvalue weighted by Crippen LogP contribution is 2.22. The van der Waals surface area contributed by atoms with Gasteiger partial charge < -0.3 is 5.32 Å². The van der Waals surface area contributed by atoms with Crippen LogP contribution in [0.4, 0.5) is 0 Å². The van der Waals surface area contributed by atoms with Crippen LogP contribution in [-0.4, -0.2) is 5.91 Å². The molecule has 0 aromatic heterocycles. The Hall–Kier alpha value is -2.09. The van der Waals surface area contributed by atoms with Crippen molar-refractivity contribution in [3.8, 4) is 0 Å². The molecule has 0 heterocycles. The minimum atomic E-state index is -0.0354. The minimum Gasteiger partial charge on any atom is -0.346 e. The molecule has 2 aromatic carbocycles. The van der Waals surface area contributed by atoms with Crippen molar-refractivity contribution in [3.05, 3.63) is 71.3 Å². The van der Waals surface area contributed by atoms with E-state index in [4.69, 9.17) is 0 Å². The van der Waals surface area contributed by atoms with Crippen LogP contribution in [0, 0.1) is 0 Å². The van der Waals surface area contributed by atoms with Crippen molar-refractivity contribution < 1.29 is 4.79 Å². The molecule has 0 aliphatic heterocycles. The lowest BCUT2D eigenvalue weighted by Gasteiger charge is -2.19. The van der Waals surface area contributed by atoms with Gasteiger partial charge in [-0.3, -0.25) is 4.79 Å². The van der Waals surface area contributed by atoms with Crippen molar-refractivity contribution in [3.63, 3.8) is 0 Å². The number of rotatable bonds is 3. The zero-order valence-electron chi connectivity index (χ0n) is 13.2. The maximum atomic E-state index is 12.3. The summed E-state index contributed by atoms with van der Waals surface area (Å²) in [6, 6.07) is 17.8. The zero-order valence-corrected chi connectivity index (χ0v) is 13.2. The predicted octanol–water partition coefficient (Wildman–Crippen LogP) is 4.48. The topological polar surface area (TPSA) is 29.1 Å². The van der Waals surface area contributed by atoms with Gasteiger partial charge in [0.05, 0.1) is 6.04 Å². The van der Waals surface area contributed by atoms with Gasteiger partial charge in [0.15, 0.2) is 0 Å². The second-order valence-corrected chi connectivity index (χ2v) is 6.43. The summed E-state index contributed by atoms with van der Waals surface area (Å²) in [7, 11) is 0. The Morgan fingerprint density at radius 1 is 0.952 bits per heavy atom. The summed E-state index contributed by atoms with van der Waals surface area (Å²) >= 11 is 0. The second kappa shape index (κ2) is 6.13. The van der Waals surface area contributed by atoms with Gasteiger partial charge in [-0.2, -0.15) is 0 Å². The molecule has 0 saturated carbocycles. The van der Waals surface area contributed by atoms with E-state index in [9.17, 15) is 4.79 Å². The number of carbonyl (C=O) groups is 1. The van der Waals surface area contributed by atoms with Gasteiger partial charge in [-0.15, -0.1) is 0 Å². The van der Waals surface area contributed by atoms with Crippen LogP contribution < -0.4 is 5.32 Å². The molecule has 0 aliphatic carbocycles. The summed E-state index contributed by atoms with van der Waals surface area (Å²) in [4.78, 5) is 12.3. The Kier molecular flexibility index (Phi) is 4.46. The fourth-order valence-electron chi connectivity index (χ4n) is 2.23. The quantitative estimate of drug-likeness (QED) is 0.883. The number of hydrogen-bond acceptors (Lipinski definition) is 1.